The van der Waals surface area contributed by atoms with Gasteiger partial charge in [0.1, 0.15) is 5.69 Å². The summed E-state index contributed by atoms with van der Waals surface area (Å²) in [7, 11) is 0. The van der Waals surface area contributed by atoms with Gasteiger partial charge in [0.2, 0.25) is 0 Å². The third-order valence-corrected chi connectivity index (χ3v) is 3.90. The summed E-state index contributed by atoms with van der Waals surface area (Å²) in [4.78, 5) is 7.91. The first-order chi connectivity index (χ1) is 11.0. The normalized spacial score (nSPS) is 11.0. The highest BCUT2D eigenvalue weighted by molar-refractivity contribution is 14.1. The van der Waals surface area contributed by atoms with E-state index < -0.39 is 6.43 Å². The molecule has 118 valence electrons. The summed E-state index contributed by atoms with van der Waals surface area (Å²) in [5.74, 6) is 0.392. The molecule has 0 saturated heterocycles. The summed E-state index contributed by atoms with van der Waals surface area (Å²) in [6.07, 6.45) is 2.60. The van der Waals surface area contributed by atoms with Gasteiger partial charge in [-0.05, 0) is 34.7 Å². The van der Waals surface area contributed by atoms with Crippen LogP contribution in [0.1, 0.15) is 12.0 Å². The van der Waals surface area contributed by atoms with Crippen molar-refractivity contribution in [2.45, 2.75) is 6.43 Å². The van der Waals surface area contributed by atoms with Crippen molar-refractivity contribution in [3.05, 3.63) is 57.1 Å². The number of nitrogens with zero attached hydrogens (tertiary/aromatic N) is 4. The van der Waals surface area contributed by atoms with Crippen LogP contribution in [0.4, 0.5) is 8.78 Å². The Morgan fingerprint density at radius 3 is 2.57 bits per heavy atom. The van der Waals surface area contributed by atoms with Gasteiger partial charge in [-0.1, -0.05) is 17.7 Å². The molecule has 1 aromatic carbocycles. The van der Waals surface area contributed by atoms with Crippen LogP contribution < -0.4 is 4.74 Å². The molecule has 0 aliphatic rings. The minimum Gasteiger partial charge on any atom is -0.422 e. The second kappa shape index (κ2) is 6.75. The Balaban J connectivity index is 2.00. The minimum absolute atomic E-state index is 0.0962. The molecule has 5 nitrogen and oxygen atoms in total. The maximum absolute atomic E-state index is 12.8. The summed E-state index contributed by atoms with van der Waals surface area (Å²) >= 11 is 7.81. The molecule has 3 rings (SSSR count). The van der Waals surface area contributed by atoms with E-state index in [0.29, 0.717) is 16.5 Å². The highest BCUT2D eigenvalue weighted by atomic mass is 127. The average molecular weight is 449 g/mol. The van der Waals surface area contributed by atoms with Crippen LogP contribution in [0.15, 0.2) is 43.0 Å². The highest BCUT2D eigenvalue weighted by Gasteiger charge is 2.16. The first kappa shape index (κ1) is 16.1. The molecule has 0 unspecified atom stereocenters. The minimum atomic E-state index is -2.59. The quantitative estimate of drug-likeness (QED) is 0.545. The molecule has 0 bridgehead atoms. The lowest BCUT2D eigenvalue weighted by molar-refractivity contribution is 0.151. The zero-order valence-electron chi connectivity index (χ0n) is 11.3. The van der Waals surface area contributed by atoms with Gasteiger partial charge in [-0.15, -0.1) is 0 Å². The molecule has 0 aliphatic heterocycles. The van der Waals surface area contributed by atoms with E-state index in [1.165, 1.54) is 23.3 Å². The van der Waals surface area contributed by atoms with E-state index in [0.717, 1.165) is 9.77 Å². The lowest BCUT2D eigenvalue weighted by Gasteiger charge is -2.11. The molecule has 0 radical (unpaired) electrons. The van der Waals surface area contributed by atoms with Gasteiger partial charge in [0, 0.05) is 9.77 Å². The van der Waals surface area contributed by atoms with Gasteiger partial charge in [0.25, 0.3) is 6.43 Å². The highest BCUT2D eigenvalue weighted by Crippen LogP contribution is 2.31. The van der Waals surface area contributed by atoms with E-state index in [-0.39, 0.29) is 11.6 Å². The predicted octanol–water partition coefficient (Wildman–Crippen LogP) is 4.65. The second-order valence-electron chi connectivity index (χ2n) is 4.39. The molecule has 2 aromatic heterocycles. The van der Waals surface area contributed by atoms with Crippen molar-refractivity contribution < 1.29 is 13.5 Å². The van der Waals surface area contributed by atoms with Crippen molar-refractivity contribution in [1.29, 1.82) is 0 Å². The van der Waals surface area contributed by atoms with Gasteiger partial charge in [0.05, 0.1) is 29.2 Å². The topological polar surface area (TPSA) is 52.8 Å². The van der Waals surface area contributed by atoms with E-state index in [4.69, 9.17) is 16.3 Å². The Bertz CT molecular complexity index is 826. The molecule has 0 amide bonds. The second-order valence-corrected chi connectivity index (χ2v) is 5.99. The molecule has 0 saturated carbocycles. The number of hydrogen-bond donors (Lipinski definition) is 0. The third kappa shape index (κ3) is 3.58. The van der Waals surface area contributed by atoms with Gasteiger partial charge in [-0.2, -0.15) is 5.10 Å². The van der Waals surface area contributed by atoms with Gasteiger partial charge in [-0.25, -0.2) is 23.4 Å². The van der Waals surface area contributed by atoms with Crippen molar-refractivity contribution in [2.24, 2.45) is 0 Å². The fourth-order valence-corrected chi connectivity index (χ4v) is 2.64. The molecular weight excluding hydrogens is 441 g/mol. The summed E-state index contributed by atoms with van der Waals surface area (Å²) in [6, 6.07) is 5.36. The number of ether oxygens (including phenoxy) is 1. The Morgan fingerprint density at radius 1 is 1.17 bits per heavy atom. The molecule has 3 aromatic rings. The van der Waals surface area contributed by atoms with E-state index in [1.54, 1.807) is 12.1 Å². The maximum Gasteiger partial charge on any atom is 0.322 e. The standard InChI is InChI=1S/C14H8ClF2IN4O/c15-9-5-19-14(20-6-9)23-11-3-1-2-10(18)12(11)22-7-8(4-21-22)13(16)17/h1-7,13H. The van der Waals surface area contributed by atoms with Crippen LogP contribution in [0.3, 0.4) is 0 Å². The molecule has 9 heteroatoms. The lowest BCUT2D eigenvalue weighted by atomic mass is 10.3. The van der Waals surface area contributed by atoms with Crippen molar-refractivity contribution >= 4 is 34.2 Å². The fraction of sp³-hybridized carbons (Fsp3) is 0.0714. The smallest absolute Gasteiger partial charge is 0.322 e. The van der Waals surface area contributed by atoms with Crippen LogP contribution in [0.5, 0.6) is 11.8 Å². The third-order valence-electron chi connectivity index (χ3n) is 2.83. The first-order valence-electron chi connectivity index (χ1n) is 6.31. The predicted molar refractivity (Wildman–Crippen MR) is 88.4 cm³/mol. The Labute approximate surface area is 148 Å². The number of alkyl halides is 2. The number of rotatable bonds is 4. The van der Waals surface area contributed by atoms with Crippen LogP contribution >= 0.6 is 34.2 Å². The first-order valence-corrected chi connectivity index (χ1v) is 7.77. The molecule has 0 N–H and O–H groups in total. The van der Waals surface area contributed by atoms with Crippen LogP contribution in [-0.2, 0) is 0 Å². The zero-order chi connectivity index (χ0) is 16.4. The lowest BCUT2D eigenvalue weighted by Crippen LogP contribution is -2.02. The summed E-state index contributed by atoms with van der Waals surface area (Å²) in [5.41, 5.74) is 0.358. The summed E-state index contributed by atoms with van der Waals surface area (Å²) in [6.45, 7) is 0. The number of benzene rings is 1. The molecule has 0 spiro atoms. The largest absolute Gasteiger partial charge is 0.422 e. The van der Waals surface area contributed by atoms with E-state index >= 15 is 0 Å². The number of halogens is 4. The van der Waals surface area contributed by atoms with Gasteiger partial charge in [0.15, 0.2) is 5.75 Å². The van der Waals surface area contributed by atoms with Crippen molar-refractivity contribution in [2.75, 3.05) is 0 Å². The van der Waals surface area contributed by atoms with E-state index in [9.17, 15) is 8.78 Å². The van der Waals surface area contributed by atoms with Crippen LogP contribution in [0, 0.1) is 3.57 Å². The van der Waals surface area contributed by atoms with E-state index in [2.05, 4.69) is 37.7 Å². The van der Waals surface area contributed by atoms with Gasteiger partial charge >= 0.3 is 6.01 Å². The number of hydrogen-bond acceptors (Lipinski definition) is 4. The Hall–Kier alpha value is -1.81. The summed E-state index contributed by atoms with van der Waals surface area (Å²) in [5, 5.41) is 4.36. The molecule has 23 heavy (non-hydrogen) atoms. The van der Waals surface area contributed by atoms with E-state index in [1.807, 2.05) is 6.07 Å². The average Bonchev–Trinajstić information content (AvgIpc) is 2.99. The van der Waals surface area contributed by atoms with Crippen LogP contribution in [-0.4, -0.2) is 19.7 Å². The molecular formula is C14H8ClF2IN4O. The number of aromatic nitrogens is 4. The maximum atomic E-state index is 12.8. The molecule has 0 atom stereocenters. The Kier molecular flexibility index (Phi) is 4.71. The molecule has 2 heterocycles. The van der Waals surface area contributed by atoms with Crippen LogP contribution in [0.2, 0.25) is 5.02 Å². The van der Waals surface area contributed by atoms with Crippen molar-refractivity contribution in [1.82, 2.24) is 19.7 Å². The van der Waals surface area contributed by atoms with Crippen LogP contribution in [0.25, 0.3) is 5.69 Å². The summed E-state index contributed by atoms with van der Waals surface area (Å²) < 4.78 is 33.3. The Morgan fingerprint density at radius 2 is 1.91 bits per heavy atom. The SMILES string of the molecule is FC(F)c1cnn(-c2c(I)cccc2Oc2ncc(Cl)cn2)c1. The van der Waals surface area contributed by atoms with Crippen molar-refractivity contribution in [3.63, 3.8) is 0 Å². The zero-order valence-corrected chi connectivity index (χ0v) is 14.2. The number of para-hydroxylation sites is 1. The van der Waals surface area contributed by atoms with Gasteiger partial charge in [-0.3, -0.25) is 0 Å². The van der Waals surface area contributed by atoms with Gasteiger partial charge < -0.3 is 4.74 Å². The molecule has 0 fully saturated rings. The monoisotopic (exact) mass is 448 g/mol. The fourth-order valence-electron chi connectivity index (χ4n) is 1.82. The van der Waals surface area contributed by atoms with Crippen molar-refractivity contribution in [3.8, 4) is 17.4 Å². The molecule has 0 aliphatic carbocycles.